The fourth-order valence-corrected chi connectivity index (χ4v) is 12.3. The number of rotatable bonds is 70. The molecule has 534 valence electrons. The minimum atomic E-state index is -4.95. The zero-order valence-corrected chi connectivity index (χ0v) is 60.2. The molecule has 5 atom stereocenters. The zero-order chi connectivity index (χ0) is 66.5. The Kier molecular flexibility index (Phi) is 61.8. The van der Waals surface area contributed by atoms with Gasteiger partial charge in [0.1, 0.15) is 19.3 Å². The number of unbranched alkanes of at least 4 members (excludes halogenated alkanes) is 40. The number of aliphatic hydroxyl groups is 1. The average Bonchev–Trinajstić information content (AvgIpc) is 3.71. The molecule has 3 N–H and O–H groups in total. The summed E-state index contributed by atoms with van der Waals surface area (Å²) < 4.78 is 68.2. The van der Waals surface area contributed by atoms with Crippen LogP contribution in [0.2, 0.25) is 0 Å². The molecule has 0 amide bonds. The van der Waals surface area contributed by atoms with E-state index < -0.39 is 97.5 Å². The number of phosphoric ester groups is 2. The van der Waals surface area contributed by atoms with Crippen LogP contribution in [0.25, 0.3) is 0 Å². The molecular formula is C71H138O17P2. The van der Waals surface area contributed by atoms with Gasteiger partial charge in [-0.05, 0) is 37.5 Å². The van der Waals surface area contributed by atoms with Gasteiger partial charge < -0.3 is 33.8 Å². The molecule has 90 heavy (non-hydrogen) atoms. The van der Waals surface area contributed by atoms with Crippen molar-refractivity contribution in [3.63, 3.8) is 0 Å². The van der Waals surface area contributed by atoms with E-state index >= 15 is 0 Å². The second kappa shape index (κ2) is 63.1. The fraction of sp³-hybridized carbons (Fsp3) is 0.944. The molecule has 0 aliphatic carbocycles. The third-order valence-corrected chi connectivity index (χ3v) is 18.4. The van der Waals surface area contributed by atoms with Gasteiger partial charge in [-0.15, -0.1) is 0 Å². The number of carbonyl (C=O) groups excluding carboxylic acids is 4. The maximum absolute atomic E-state index is 13.0. The largest absolute Gasteiger partial charge is 0.472 e. The van der Waals surface area contributed by atoms with Crippen molar-refractivity contribution in [1.82, 2.24) is 0 Å². The quantitative estimate of drug-likeness (QED) is 0.0222. The summed E-state index contributed by atoms with van der Waals surface area (Å²) in [6, 6.07) is 0. The van der Waals surface area contributed by atoms with Crippen molar-refractivity contribution in [3.8, 4) is 0 Å². The highest BCUT2D eigenvalue weighted by Gasteiger charge is 2.30. The van der Waals surface area contributed by atoms with Crippen molar-refractivity contribution in [3.05, 3.63) is 0 Å². The third-order valence-electron chi connectivity index (χ3n) is 16.5. The Bertz CT molecular complexity index is 1750. The summed E-state index contributed by atoms with van der Waals surface area (Å²) in [7, 11) is -9.89. The monoisotopic (exact) mass is 1320 g/mol. The fourth-order valence-electron chi connectivity index (χ4n) is 10.8. The molecule has 19 heteroatoms. The SMILES string of the molecule is CCCCCCCCCCC(=O)OC[C@H](COP(=O)(O)OC[C@H](O)COP(=O)(O)OC[C@@H](COC(=O)CCCCCCCCCCCCCCC(C)C)OC(=O)CCCCCCCCCCCCCCCCCCC(C)C)OC(=O)CCCCCCCCCC. The van der Waals surface area contributed by atoms with Gasteiger partial charge in [-0.1, -0.05) is 311 Å². The van der Waals surface area contributed by atoms with Gasteiger partial charge in [0.15, 0.2) is 12.2 Å². The normalized spacial score (nSPS) is 14.1. The number of carbonyl (C=O) groups is 4. The highest BCUT2D eigenvalue weighted by atomic mass is 31.2. The van der Waals surface area contributed by atoms with Crippen molar-refractivity contribution >= 4 is 39.5 Å². The summed E-state index contributed by atoms with van der Waals surface area (Å²) >= 11 is 0. The molecule has 2 unspecified atom stereocenters. The molecule has 0 aliphatic heterocycles. The summed E-state index contributed by atoms with van der Waals surface area (Å²) in [5.74, 6) is -0.537. The van der Waals surface area contributed by atoms with Crippen LogP contribution < -0.4 is 0 Å². The lowest BCUT2D eigenvalue weighted by Crippen LogP contribution is -2.30. The number of aliphatic hydroxyl groups excluding tert-OH is 1. The van der Waals surface area contributed by atoms with E-state index in [9.17, 15) is 43.2 Å². The van der Waals surface area contributed by atoms with Gasteiger partial charge in [-0.25, -0.2) is 9.13 Å². The van der Waals surface area contributed by atoms with Crippen LogP contribution in [0, 0.1) is 11.8 Å². The van der Waals surface area contributed by atoms with Crippen LogP contribution in [-0.2, 0) is 65.4 Å². The topological polar surface area (TPSA) is 237 Å². The Morgan fingerprint density at radius 3 is 0.756 bits per heavy atom. The summed E-state index contributed by atoms with van der Waals surface area (Å²) in [5.41, 5.74) is 0. The highest BCUT2D eigenvalue weighted by molar-refractivity contribution is 7.47. The van der Waals surface area contributed by atoms with Gasteiger partial charge in [0.25, 0.3) is 0 Å². The molecule has 0 aromatic heterocycles. The van der Waals surface area contributed by atoms with E-state index in [2.05, 4.69) is 41.5 Å². The van der Waals surface area contributed by atoms with Crippen molar-refractivity contribution in [1.29, 1.82) is 0 Å². The van der Waals surface area contributed by atoms with Crippen LogP contribution >= 0.6 is 15.6 Å². The smallest absolute Gasteiger partial charge is 0.462 e. The van der Waals surface area contributed by atoms with E-state index in [1.165, 1.54) is 167 Å². The van der Waals surface area contributed by atoms with Crippen molar-refractivity contribution in [2.24, 2.45) is 11.8 Å². The molecule has 0 radical (unpaired) electrons. The van der Waals surface area contributed by atoms with Gasteiger partial charge in [0.05, 0.1) is 26.4 Å². The Balaban J connectivity index is 5.17. The number of phosphoric acid groups is 2. The lowest BCUT2D eigenvalue weighted by molar-refractivity contribution is -0.161. The first kappa shape index (κ1) is 88.1. The molecule has 0 aliphatic rings. The predicted octanol–water partition coefficient (Wildman–Crippen LogP) is 20.4. The van der Waals surface area contributed by atoms with E-state index in [4.69, 9.17) is 37.0 Å². The van der Waals surface area contributed by atoms with Gasteiger partial charge in [-0.2, -0.15) is 0 Å². The van der Waals surface area contributed by atoms with Crippen molar-refractivity contribution < 1.29 is 80.2 Å². The zero-order valence-electron chi connectivity index (χ0n) is 58.4. The predicted molar refractivity (Wildman–Crippen MR) is 363 cm³/mol. The molecule has 0 rings (SSSR count). The van der Waals surface area contributed by atoms with Crippen LogP contribution in [0.5, 0.6) is 0 Å². The van der Waals surface area contributed by atoms with Gasteiger partial charge in [0.2, 0.25) is 0 Å². The molecule has 0 bridgehead atoms. The average molecular weight is 1330 g/mol. The summed E-state index contributed by atoms with van der Waals surface area (Å²) in [6.45, 7) is 9.54. The molecule has 0 aromatic carbocycles. The maximum Gasteiger partial charge on any atom is 0.472 e. The van der Waals surface area contributed by atoms with Crippen LogP contribution in [-0.4, -0.2) is 96.7 Å². The number of hydrogen-bond acceptors (Lipinski definition) is 15. The van der Waals surface area contributed by atoms with Crippen LogP contribution in [0.15, 0.2) is 0 Å². The summed E-state index contributed by atoms with van der Waals surface area (Å²) in [5, 5.41) is 10.6. The van der Waals surface area contributed by atoms with Gasteiger partial charge in [-0.3, -0.25) is 37.3 Å². The van der Waals surface area contributed by atoms with Crippen molar-refractivity contribution in [2.45, 2.75) is 381 Å². The second-order valence-corrected chi connectivity index (χ2v) is 29.5. The van der Waals surface area contributed by atoms with E-state index in [-0.39, 0.29) is 25.7 Å². The lowest BCUT2D eigenvalue weighted by Gasteiger charge is -2.21. The van der Waals surface area contributed by atoms with Crippen LogP contribution in [0.3, 0.4) is 0 Å². The van der Waals surface area contributed by atoms with E-state index in [0.717, 1.165) is 115 Å². The van der Waals surface area contributed by atoms with Gasteiger partial charge >= 0.3 is 39.5 Å². The minimum absolute atomic E-state index is 0.105. The van der Waals surface area contributed by atoms with E-state index in [1.54, 1.807) is 0 Å². The molecular weight excluding hydrogens is 1190 g/mol. The van der Waals surface area contributed by atoms with Gasteiger partial charge in [0, 0.05) is 25.7 Å². The second-order valence-electron chi connectivity index (χ2n) is 26.6. The number of ether oxygens (including phenoxy) is 4. The molecule has 0 fully saturated rings. The maximum atomic E-state index is 13.0. The highest BCUT2D eigenvalue weighted by Crippen LogP contribution is 2.45. The molecule has 0 saturated carbocycles. The van der Waals surface area contributed by atoms with Crippen LogP contribution in [0.1, 0.15) is 363 Å². The Labute approximate surface area is 549 Å². The first-order chi connectivity index (χ1) is 43.4. The first-order valence-corrected chi connectivity index (χ1v) is 40.0. The van der Waals surface area contributed by atoms with Crippen molar-refractivity contribution in [2.75, 3.05) is 39.6 Å². The third kappa shape index (κ3) is 64.8. The Morgan fingerprint density at radius 1 is 0.300 bits per heavy atom. The van der Waals surface area contributed by atoms with Crippen LogP contribution in [0.4, 0.5) is 0 Å². The summed E-state index contributed by atoms with van der Waals surface area (Å²) in [4.78, 5) is 72.4. The Morgan fingerprint density at radius 2 is 0.511 bits per heavy atom. The minimum Gasteiger partial charge on any atom is -0.462 e. The summed E-state index contributed by atoms with van der Waals surface area (Å²) in [6.07, 6.45) is 48.7. The molecule has 0 heterocycles. The molecule has 0 spiro atoms. The van der Waals surface area contributed by atoms with E-state index in [1.807, 2.05) is 0 Å². The number of esters is 4. The molecule has 0 saturated heterocycles. The Hall–Kier alpha value is -1.94. The molecule has 0 aromatic rings. The number of hydrogen-bond donors (Lipinski definition) is 3. The lowest BCUT2D eigenvalue weighted by atomic mass is 10.0. The first-order valence-electron chi connectivity index (χ1n) is 37.0. The molecule has 17 nitrogen and oxygen atoms in total. The van der Waals surface area contributed by atoms with E-state index in [0.29, 0.717) is 25.7 Å². The standard InChI is InChI=1S/C71H138O17P2/c1-7-9-11-13-15-35-41-47-53-68(73)81-59-66(87-70(75)55-49-43-36-16-14-12-10-8-2)61-85-89(77,78)83-57-65(72)58-84-90(79,80)86-62-67(60-82-69(74)54-48-42-37-31-27-24-23-26-30-34-40-46-52-64(5)6)88-71(76)56-50-44-38-32-28-22-20-18-17-19-21-25-29-33-39-45-51-63(3)4/h63-67,72H,7-62H2,1-6H3,(H,77,78)(H,79,80)/t65-,66+,67+/m0/s1.